The summed E-state index contributed by atoms with van der Waals surface area (Å²) >= 11 is 0. The highest BCUT2D eigenvalue weighted by molar-refractivity contribution is 5.80. The molecule has 2 N–H and O–H groups in total. The summed E-state index contributed by atoms with van der Waals surface area (Å²) in [7, 11) is 2.17. The third-order valence-electron chi connectivity index (χ3n) is 6.56. The molecule has 0 saturated carbocycles. The van der Waals surface area contributed by atoms with Crippen LogP contribution in [0.4, 0.5) is 23.0 Å². The summed E-state index contributed by atoms with van der Waals surface area (Å²) in [5, 5.41) is 15.9. The molecule has 5 rings (SSSR count). The number of anilines is 4. The molecule has 0 radical (unpaired) electrons. The minimum absolute atomic E-state index is 0.281. The predicted molar refractivity (Wildman–Crippen MR) is 137 cm³/mol. The fourth-order valence-corrected chi connectivity index (χ4v) is 4.50. The Morgan fingerprint density at radius 2 is 1.69 bits per heavy atom. The van der Waals surface area contributed by atoms with Crippen molar-refractivity contribution in [1.82, 2.24) is 19.9 Å². The highest BCUT2D eigenvalue weighted by atomic mass is 16.5. The Morgan fingerprint density at radius 1 is 0.943 bits per heavy atom. The van der Waals surface area contributed by atoms with E-state index in [0.717, 1.165) is 69.0 Å². The van der Waals surface area contributed by atoms with E-state index < -0.39 is 0 Å². The number of rotatable bonds is 6. The van der Waals surface area contributed by atoms with Gasteiger partial charge >= 0.3 is 0 Å². The summed E-state index contributed by atoms with van der Waals surface area (Å²) < 4.78 is 5.48. The van der Waals surface area contributed by atoms with Gasteiger partial charge in [-0.25, -0.2) is 15.0 Å². The van der Waals surface area contributed by atoms with Crippen LogP contribution in [0.25, 0.3) is 11.1 Å². The average molecular weight is 471 g/mol. The molecule has 0 unspecified atom stereocenters. The van der Waals surface area contributed by atoms with Gasteiger partial charge in [0.1, 0.15) is 17.7 Å². The second-order valence-electron chi connectivity index (χ2n) is 9.01. The lowest BCUT2D eigenvalue weighted by Gasteiger charge is -2.31. The monoisotopic (exact) mass is 470 g/mol. The topological polar surface area (TPSA) is 102 Å². The molecule has 2 aliphatic rings. The van der Waals surface area contributed by atoms with Gasteiger partial charge in [-0.05, 0) is 50.7 Å². The van der Waals surface area contributed by atoms with E-state index >= 15 is 0 Å². The number of piperidine rings is 1. The Kier molecular flexibility index (Phi) is 7.02. The average Bonchev–Trinajstić information content (AvgIpc) is 2.91. The van der Waals surface area contributed by atoms with Crippen LogP contribution in [0.1, 0.15) is 18.5 Å². The fraction of sp³-hybridized carbons (Fsp3) is 0.385. The molecule has 35 heavy (non-hydrogen) atoms. The first-order chi connectivity index (χ1) is 17.2. The number of nitrogens with zero attached hydrogens (tertiary/aromatic N) is 6. The van der Waals surface area contributed by atoms with Gasteiger partial charge in [0.15, 0.2) is 5.69 Å². The summed E-state index contributed by atoms with van der Waals surface area (Å²) in [6.07, 6.45) is 7.09. The summed E-state index contributed by atoms with van der Waals surface area (Å²) in [5.41, 5.74) is 4.72. The normalized spacial score (nSPS) is 17.1. The molecule has 2 aromatic heterocycles. The molecular weight excluding hydrogens is 440 g/mol. The minimum atomic E-state index is 0.281. The van der Waals surface area contributed by atoms with Crippen LogP contribution in [0.2, 0.25) is 0 Å². The second kappa shape index (κ2) is 10.7. The maximum Gasteiger partial charge on any atom is 0.158 e. The molecule has 180 valence electrons. The molecule has 0 aliphatic carbocycles. The van der Waals surface area contributed by atoms with Gasteiger partial charge in [-0.1, -0.05) is 12.1 Å². The molecule has 0 amide bonds. The number of nitriles is 1. The zero-order valence-corrected chi connectivity index (χ0v) is 19.9. The summed E-state index contributed by atoms with van der Waals surface area (Å²) in [5.74, 6) is 1.22. The van der Waals surface area contributed by atoms with Gasteiger partial charge in [0.05, 0.1) is 25.6 Å². The van der Waals surface area contributed by atoms with E-state index in [9.17, 15) is 0 Å². The third-order valence-corrected chi connectivity index (χ3v) is 6.56. The van der Waals surface area contributed by atoms with E-state index in [1.165, 1.54) is 11.9 Å². The van der Waals surface area contributed by atoms with E-state index in [4.69, 9.17) is 10.00 Å². The lowest BCUT2D eigenvalue weighted by Crippen LogP contribution is -2.36. The van der Waals surface area contributed by atoms with Gasteiger partial charge in [-0.3, -0.25) is 0 Å². The van der Waals surface area contributed by atoms with Crippen molar-refractivity contribution in [3.8, 4) is 17.2 Å². The standard InChI is InChI=1S/C26H30N8O/c1-33-8-6-20(7-9-33)31-24-14-25(32-26-18-28-21(15-27)16-29-26)30-17-23(24)19-2-4-22(5-3-19)34-10-12-35-13-11-34/h2-5,14,16-18,20H,6-13H2,1H3,(H2,29,30,31,32). The predicted octanol–water partition coefficient (Wildman–Crippen LogP) is 3.50. The van der Waals surface area contributed by atoms with Gasteiger partial charge in [0.25, 0.3) is 0 Å². The van der Waals surface area contributed by atoms with Crippen molar-refractivity contribution in [2.75, 3.05) is 62.0 Å². The van der Waals surface area contributed by atoms with Gasteiger partial charge in [0, 0.05) is 48.3 Å². The molecule has 1 aromatic carbocycles. The lowest BCUT2D eigenvalue weighted by atomic mass is 10.0. The second-order valence-corrected chi connectivity index (χ2v) is 9.01. The molecule has 0 bridgehead atoms. The van der Waals surface area contributed by atoms with E-state index in [2.05, 4.69) is 66.7 Å². The smallest absolute Gasteiger partial charge is 0.158 e. The van der Waals surface area contributed by atoms with E-state index in [1.807, 2.05) is 18.3 Å². The first-order valence-electron chi connectivity index (χ1n) is 12.1. The van der Waals surface area contributed by atoms with Gasteiger partial charge in [0.2, 0.25) is 0 Å². The van der Waals surface area contributed by atoms with E-state index in [-0.39, 0.29) is 5.69 Å². The van der Waals surface area contributed by atoms with Crippen molar-refractivity contribution < 1.29 is 4.74 Å². The lowest BCUT2D eigenvalue weighted by molar-refractivity contribution is 0.122. The number of morpholine rings is 1. The summed E-state index contributed by atoms with van der Waals surface area (Å²) in [6, 6.07) is 13.1. The van der Waals surface area contributed by atoms with Gasteiger partial charge in [-0.2, -0.15) is 5.26 Å². The van der Waals surface area contributed by atoms with Gasteiger partial charge in [-0.15, -0.1) is 0 Å². The number of benzene rings is 1. The molecule has 2 saturated heterocycles. The number of pyridine rings is 1. The maximum atomic E-state index is 8.95. The quantitative estimate of drug-likeness (QED) is 0.560. The third kappa shape index (κ3) is 5.67. The number of likely N-dealkylation sites (tertiary alicyclic amines) is 1. The van der Waals surface area contributed by atoms with Crippen LogP contribution < -0.4 is 15.5 Å². The summed E-state index contributed by atoms with van der Waals surface area (Å²) in [6.45, 7) is 5.55. The Hall–Kier alpha value is -3.74. The number of nitrogens with one attached hydrogen (secondary N) is 2. The van der Waals surface area contributed by atoms with Crippen LogP contribution >= 0.6 is 0 Å². The molecule has 0 atom stereocenters. The number of hydrogen-bond acceptors (Lipinski definition) is 9. The van der Waals surface area contributed by atoms with Crippen LogP contribution in [0, 0.1) is 11.3 Å². The molecule has 2 aliphatic heterocycles. The van der Waals surface area contributed by atoms with Crippen LogP contribution in [0.15, 0.2) is 48.9 Å². The van der Waals surface area contributed by atoms with Crippen molar-refractivity contribution >= 4 is 23.0 Å². The van der Waals surface area contributed by atoms with Crippen molar-refractivity contribution in [2.24, 2.45) is 0 Å². The Labute approximate surface area is 205 Å². The van der Waals surface area contributed by atoms with Gasteiger partial charge < -0.3 is 25.2 Å². The van der Waals surface area contributed by atoms with Crippen molar-refractivity contribution in [3.63, 3.8) is 0 Å². The first-order valence-corrected chi connectivity index (χ1v) is 12.1. The maximum absolute atomic E-state index is 8.95. The molecule has 3 aromatic rings. The molecule has 9 heteroatoms. The Morgan fingerprint density at radius 3 is 2.37 bits per heavy atom. The molecule has 0 spiro atoms. The molecule has 9 nitrogen and oxygen atoms in total. The minimum Gasteiger partial charge on any atom is -0.382 e. The van der Waals surface area contributed by atoms with Crippen molar-refractivity contribution in [3.05, 3.63) is 54.6 Å². The summed E-state index contributed by atoms with van der Waals surface area (Å²) in [4.78, 5) is 17.7. The van der Waals surface area contributed by atoms with Crippen LogP contribution in [-0.2, 0) is 4.74 Å². The van der Waals surface area contributed by atoms with Crippen molar-refractivity contribution in [2.45, 2.75) is 18.9 Å². The Balaban J connectivity index is 1.40. The molecule has 4 heterocycles. The number of hydrogen-bond donors (Lipinski definition) is 2. The zero-order chi connectivity index (χ0) is 24.0. The number of ether oxygens (including phenoxy) is 1. The number of aromatic nitrogens is 3. The van der Waals surface area contributed by atoms with E-state index in [1.54, 1.807) is 6.20 Å². The first kappa shape index (κ1) is 23.0. The van der Waals surface area contributed by atoms with Crippen LogP contribution in [-0.4, -0.2) is 72.3 Å². The van der Waals surface area contributed by atoms with E-state index in [0.29, 0.717) is 17.7 Å². The zero-order valence-electron chi connectivity index (χ0n) is 19.9. The highest BCUT2D eigenvalue weighted by Crippen LogP contribution is 2.33. The molecular formula is C26H30N8O. The van der Waals surface area contributed by atoms with Crippen LogP contribution in [0.5, 0.6) is 0 Å². The van der Waals surface area contributed by atoms with Crippen LogP contribution in [0.3, 0.4) is 0 Å². The SMILES string of the molecule is CN1CCC(Nc2cc(Nc3cnc(C#N)cn3)ncc2-c2ccc(N3CCOCC3)cc2)CC1. The van der Waals surface area contributed by atoms with Crippen molar-refractivity contribution in [1.29, 1.82) is 5.26 Å². The highest BCUT2D eigenvalue weighted by Gasteiger charge is 2.19. The largest absolute Gasteiger partial charge is 0.382 e. The fourth-order valence-electron chi connectivity index (χ4n) is 4.50. The Bertz CT molecular complexity index is 1160. The molecule has 2 fully saturated rings.